The van der Waals surface area contributed by atoms with E-state index < -0.39 is 17.2 Å². The maximum absolute atomic E-state index is 7.82. The lowest BCUT2D eigenvalue weighted by atomic mass is 10.8. The molecule has 0 aliphatic rings. The average molecular weight is 208 g/mol. The first kappa shape index (κ1) is 14.1. The molecule has 0 saturated heterocycles. The van der Waals surface area contributed by atoms with Gasteiger partial charge in [0.25, 0.3) is 0 Å². The van der Waals surface area contributed by atoms with Crippen LogP contribution in [0.15, 0.2) is 0 Å². The molecule has 0 fully saturated rings. The zero-order valence-corrected chi connectivity index (χ0v) is 7.19. The SMILES string of the molecule is OCCO.OP(O)OP(O)O. The molecule has 11 heavy (non-hydrogen) atoms. The second-order valence-corrected chi connectivity index (χ2v) is 2.70. The van der Waals surface area contributed by atoms with E-state index in [1.54, 1.807) is 0 Å². The van der Waals surface area contributed by atoms with Gasteiger partial charge in [-0.05, 0) is 0 Å². The Morgan fingerprint density at radius 1 is 0.818 bits per heavy atom. The lowest BCUT2D eigenvalue weighted by molar-refractivity contribution is 0.186. The Labute approximate surface area is 65.5 Å². The lowest BCUT2D eigenvalue weighted by Crippen LogP contribution is -1.85. The van der Waals surface area contributed by atoms with Gasteiger partial charge in [-0.1, -0.05) is 0 Å². The summed E-state index contributed by atoms with van der Waals surface area (Å²) < 4.78 is 3.60. The van der Waals surface area contributed by atoms with Crippen LogP contribution in [0.2, 0.25) is 0 Å². The minimum Gasteiger partial charge on any atom is -0.394 e. The molecule has 0 bridgehead atoms. The summed E-state index contributed by atoms with van der Waals surface area (Å²) in [6.45, 7) is -0.250. The van der Waals surface area contributed by atoms with E-state index in [-0.39, 0.29) is 13.2 Å². The summed E-state index contributed by atoms with van der Waals surface area (Å²) in [7, 11) is -5.22. The predicted molar refractivity (Wildman–Crippen MR) is 38.0 cm³/mol. The molecule has 0 unspecified atom stereocenters. The second-order valence-electron chi connectivity index (χ2n) is 1.03. The third kappa shape index (κ3) is 25.0. The summed E-state index contributed by atoms with van der Waals surface area (Å²) in [5.74, 6) is 0. The summed E-state index contributed by atoms with van der Waals surface area (Å²) in [6.07, 6.45) is 0. The molecule has 0 saturated carbocycles. The van der Waals surface area contributed by atoms with Gasteiger partial charge in [0.15, 0.2) is 0 Å². The van der Waals surface area contributed by atoms with Crippen molar-refractivity contribution in [3.8, 4) is 0 Å². The van der Waals surface area contributed by atoms with Crippen LogP contribution in [0.5, 0.6) is 0 Å². The van der Waals surface area contributed by atoms with Gasteiger partial charge >= 0.3 is 17.2 Å². The van der Waals surface area contributed by atoms with Crippen LogP contribution in [0, 0.1) is 0 Å². The van der Waals surface area contributed by atoms with Crippen molar-refractivity contribution in [2.45, 2.75) is 0 Å². The van der Waals surface area contributed by atoms with Crippen molar-refractivity contribution in [1.29, 1.82) is 0 Å². The van der Waals surface area contributed by atoms with Gasteiger partial charge in [-0.2, -0.15) is 0 Å². The van der Waals surface area contributed by atoms with Crippen LogP contribution in [0.4, 0.5) is 0 Å². The van der Waals surface area contributed by atoms with Gasteiger partial charge in [0.1, 0.15) is 0 Å². The van der Waals surface area contributed by atoms with E-state index in [1.165, 1.54) is 0 Å². The first-order chi connectivity index (χ1) is 5.04. The molecule has 9 heteroatoms. The molecule has 0 aliphatic carbocycles. The molecular weight excluding hydrogens is 198 g/mol. The van der Waals surface area contributed by atoms with E-state index in [0.717, 1.165) is 0 Å². The third-order valence-electron chi connectivity index (χ3n) is 0.246. The van der Waals surface area contributed by atoms with Crippen molar-refractivity contribution in [1.82, 2.24) is 0 Å². The fourth-order valence-electron chi connectivity index (χ4n) is 0.0653. The predicted octanol–water partition coefficient (Wildman–Crippen LogP) is -1.60. The average Bonchev–Trinajstić information content (AvgIpc) is 1.85. The van der Waals surface area contributed by atoms with Crippen LogP contribution < -0.4 is 0 Å². The molecule has 0 rings (SSSR count). The third-order valence-corrected chi connectivity index (χ3v) is 1.41. The summed E-state index contributed by atoms with van der Waals surface area (Å²) in [4.78, 5) is 31.3. The standard InChI is InChI=1S/C2H6O2.H4O5P2/c3-1-2-4;1-6(2)5-7(3)4/h3-4H,1-2H2;1-4H. The molecule has 0 aromatic carbocycles. The van der Waals surface area contributed by atoms with Gasteiger partial charge in [0.05, 0.1) is 13.2 Å². The van der Waals surface area contributed by atoms with Gasteiger partial charge in [-0.3, -0.25) is 0 Å². The summed E-state index contributed by atoms with van der Waals surface area (Å²) in [5, 5.41) is 15.2. The van der Waals surface area contributed by atoms with Crippen LogP contribution >= 0.6 is 17.2 Å². The van der Waals surface area contributed by atoms with Crippen molar-refractivity contribution in [2.75, 3.05) is 13.2 Å². The molecule has 0 atom stereocenters. The topological polar surface area (TPSA) is 131 Å². The number of hydrogen-bond donors (Lipinski definition) is 6. The zero-order valence-electron chi connectivity index (χ0n) is 5.40. The Kier molecular flexibility index (Phi) is 13.6. The van der Waals surface area contributed by atoms with Crippen molar-refractivity contribution in [3.63, 3.8) is 0 Å². The Morgan fingerprint density at radius 2 is 1.09 bits per heavy atom. The van der Waals surface area contributed by atoms with Crippen LogP contribution in [-0.4, -0.2) is 43.0 Å². The van der Waals surface area contributed by atoms with E-state index in [2.05, 4.69) is 4.31 Å². The summed E-state index contributed by atoms with van der Waals surface area (Å²) >= 11 is 0. The van der Waals surface area contributed by atoms with Crippen LogP contribution in [0.1, 0.15) is 0 Å². The highest BCUT2D eigenvalue weighted by atomic mass is 31.2. The van der Waals surface area contributed by atoms with Gasteiger partial charge < -0.3 is 29.8 Å². The lowest BCUT2D eigenvalue weighted by Gasteiger charge is -2.00. The van der Waals surface area contributed by atoms with Crippen molar-refractivity contribution in [2.24, 2.45) is 0 Å². The van der Waals surface area contributed by atoms with Gasteiger partial charge in [0, 0.05) is 0 Å². The molecule has 0 aromatic rings. The number of aliphatic hydroxyl groups is 2. The van der Waals surface area contributed by atoms with Crippen LogP contribution in [-0.2, 0) is 4.31 Å². The first-order valence-electron chi connectivity index (χ1n) is 2.30. The Morgan fingerprint density at radius 3 is 1.09 bits per heavy atom. The highest BCUT2D eigenvalue weighted by molar-refractivity contribution is 7.53. The maximum atomic E-state index is 7.82. The van der Waals surface area contributed by atoms with Gasteiger partial charge in [-0.25, -0.2) is 4.31 Å². The number of rotatable bonds is 3. The summed E-state index contributed by atoms with van der Waals surface area (Å²) in [5.41, 5.74) is 0. The fourth-order valence-corrected chi connectivity index (χ4v) is 0.588. The highest BCUT2D eigenvalue weighted by Crippen LogP contribution is 2.41. The van der Waals surface area contributed by atoms with Crippen LogP contribution in [0.25, 0.3) is 0 Å². The second kappa shape index (κ2) is 10.6. The molecule has 0 aliphatic heterocycles. The fraction of sp³-hybridized carbons (Fsp3) is 1.00. The van der Waals surface area contributed by atoms with Crippen LogP contribution in [0.3, 0.4) is 0 Å². The molecular formula is C2H10O7P2. The minimum atomic E-state index is -2.61. The quantitative estimate of drug-likeness (QED) is 0.308. The van der Waals surface area contributed by atoms with E-state index in [0.29, 0.717) is 0 Å². The molecule has 0 heterocycles. The monoisotopic (exact) mass is 208 g/mol. The van der Waals surface area contributed by atoms with E-state index in [9.17, 15) is 0 Å². The Bertz CT molecular complexity index is 59.5. The molecule has 6 N–H and O–H groups in total. The Balaban J connectivity index is 0. The van der Waals surface area contributed by atoms with Crippen molar-refractivity contribution < 1.29 is 34.1 Å². The minimum absolute atomic E-state index is 0.125. The summed E-state index contributed by atoms with van der Waals surface area (Å²) in [6, 6.07) is 0. The van der Waals surface area contributed by atoms with E-state index in [1.807, 2.05) is 0 Å². The molecule has 0 amide bonds. The Hall–Kier alpha value is 0.580. The first-order valence-corrected chi connectivity index (χ1v) is 4.63. The normalized spacial score (nSPS) is 9.82. The zero-order chi connectivity index (χ0) is 9.28. The molecule has 0 radical (unpaired) electrons. The molecule has 7 nitrogen and oxygen atoms in total. The van der Waals surface area contributed by atoms with Gasteiger partial charge in [0.2, 0.25) is 0 Å². The smallest absolute Gasteiger partial charge is 0.334 e. The molecule has 0 aromatic heterocycles. The number of hydrogen-bond acceptors (Lipinski definition) is 7. The maximum Gasteiger partial charge on any atom is 0.334 e. The van der Waals surface area contributed by atoms with Gasteiger partial charge in [-0.15, -0.1) is 0 Å². The van der Waals surface area contributed by atoms with Crippen molar-refractivity contribution >= 4 is 17.2 Å². The molecule has 0 spiro atoms. The van der Waals surface area contributed by atoms with E-state index >= 15 is 0 Å². The largest absolute Gasteiger partial charge is 0.394 e. The molecule has 70 valence electrons. The number of aliphatic hydroxyl groups excluding tert-OH is 2. The highest BCUT2D eigenvalue weighted by Gasteiger charge is 2.05. The van der Waals surface area contributed by atoms with Crippen molar-refractivity contribution in [3.05, 3.63) is 0 Å². The van der Waals surface area contributed by atoms with E-state index in [4.69, 9.17) is 29.8 Å².